The maximum atomic E-state index is 2.78. The summed E-state index contributed by atoms with van der Waals surface area (Å²) in [6.07, 6.45) is 23.1. The van der Waals surface area contributed by atoms with E-state index in [0.717, 1.165) is 19.6 Å². The molecule has 2 aliphatic heterocycles. The van der Waals surface area contributed by atoms with Gasteiger partial charge in [-0.15, -0.1) is 0 Å². The van der Waals surface area contributed by atoms with Gasteiger partial charge in [-0.1, -0.05) is 202 Å². The largest absolute Gasteiger partial charge is 0.340 e. The highest BCUT2D eigenvalue weighted by atomic mass is 15.0. The molecule has 0 saturated heterocycles. The van der Waals surface area contributed by atoms with Crippen LogP contribution in [0.5, 0.6) is 0 Å². The van der Waals surface area contributed by atoms with Gasteiger partial charge in [-0.25, -0.2) is 0 Å². The maximum absolute atomic E-state index is 2.78. The molecule has 0 bridgehead atoms. The van der Waals surface area contributed by atoms with Gasteiger partial charge >= 0.3 is 0 Å². The van der Waals surface area contributed by atoms with E-state index in [1.54, 1.807) is 0 Å². The molecule has 7 aromatic rings. The second-order valence-electron chi connectivity index (χ2n) is 18.9. The Balaban J connectivity index is 1.39. The zero-order valence-corrected chi connectivity index (χ0v) is 39.3. The number of benzene rings is 6. The number of hydrogen-bond donors (Lipinski definition) is 0. The van der Waals surface area contributed by atoms with E-state index in [4.69, 9.17) is 0 Å². The lowest BCUT2D eigenvalue weighted by Crippen LogP contribution is -2.37. The molecule has 3 heterocycles. The Bertz CT molecular complexity index is 2660. The van der Waals surface area contributed by atoms with Crippen LogP contribution in [0.25, 0.3) is 88.4 Å². The minimum atomic E-state index is 1.01. The number of aryl methyl sites for hydroxylation is 3. The van der Waals surface area contributed by atoms with E-state index in [-0.39, 0.29) is 0 Å². The Hall–Kier alpha value is -5.41. The molecule has 9 rings (SSSR count). The summed E-state index contributed by atoms with van der Waals surface area (Å²) in [4.78, 5) is 0. The van der Waals surface area contributed by atoms with Crippen molar-refractivity contribution < 1.29 is 4.57 Å². The predicted molar refractivity (Wildman–Crippen MR) is 277 cm³/mol. The van der Waals surface area contributed by atoms with E-state index in [0.29, 0.717) is 0 Å². The van der Waals surface area contributed by atoms with Crippen LogP contribution < -0.4 is 4.57 Å². The van der Waals surface area contributed by atoms with Crippen molar-refractivity contribution in [2.75, 3.05) is 0 Å². The van der Waals surface area contributed by atoms with E-state index in [1.807, 2.05) is 0 Å². The first-order chi connectivity index (χ1) is 31.7. The summed E-state index contributed by atoms with van der Waals surface area (Å²) in [5, 5.41) is 2.89. The summed E-state index contributed by atoms with van der Waals surface area (Å²) < 4.78 is 8.33. The lowest BCUT2D eigenvalue weighted by molar-refractivity contribution is -0.645. The third kappa shape index (κ3) is 9.10. The predicted octanol–water partition coefficient (Wildman–Crippen LogP) is 17.8. The van der Waals surface area contributed by atoms with Crippen molar-refractivity contribution in [2.24, 2.45) is 0 Å². The minimum absolute atomic E-state index is 1.01. The molecule has 3 heteroatoms. The molecule has 0 radical (unpaired) electrons. The number of nitrogens with zero attached hydrogens (tertiary/aromatic N) is 3. The molecule has 0 unspecified atom stereocenters. The van der Waals surface area contributed by atoms with Gasteiger partial charge in [0.25, 0.3) is 0 Å². The van der Waals surface area contributed by atoms with Crippen LogP contribution in [0.4, 0.5) is 0 Å². The molecule has 0 saturated carbocycles. The Labute approximate surface area is 383 Å². The minimum Gasteiger partial charge on any atom is -0.340 e. The van der Waals surface area contributed by atoms with Crippen molar-refractivity contribution in [1.82, 2.24) is 9.13 Å². The molecule has 3 nitrogen and oxygen atoms in total. The van der Waals surface area contributed by atoms with Gasteiger partial charge in [0.2, 0.25) is 11.0 Å². The van der Waals surface area contributed by atoms with Crippen LogP contribution in [-0.4, -0.2) is 9.13 Å². The van der Waals surface area contributed by atoms with Gasteiger partial charge in [0.1, 0.15) is 6.54 Å². The fourth-order valence-corrected chi connectivity index (χ4v) is 10.9. The van der Waals surface area contributed by atoms with Crippen LogP contribution in [0, 0.1) is 0 Å². The lowest BCUT2D eigenvalue weighted by atomic mass is 9.85. The number of aromatic nitrogens is 3. The number of unbranched alkanes of at least 4 members (excludes halogenated alkanes) is 15. The van der Waals surface area contributed by atoms with Gasteiger partial charge in [0, 0.05) is 42.8 Å². The normalized spacial score (nSPS) is 12.0. The average molecular weight is 847 g/mol. The van der Waals surface area contributed by atoms with E-state index >= 15 is 0 Å². The van der Waals surface area contributed by atoms with E-state index in [1.165, 1.54) is 204 Å². The lowest BCUT2D eigenvalue weighted by Gasteiger charge is -2.29. The summed E-state index contributed by atoms with van der Waals surface area (Å²) in [6.45, 7) is 10.0. The molecule has 2 aliphatic rings. The van der Waals surface area contributed by atoms with Crippen molar-refractivity contribution in [3.05, 3.63) is 127 Å². The van der Waals surface area contributed by atoms with Crippen LogP contribution in [0.15, 0.2) is 127 Å². The molecule has 330 valence electrons. The van der Waals surface area contributed by atoms with Crippen LogP contribution in [0.3, 0.4) is 0 Å². The molecule has 64 heavy (non-hydrogen) atoms. The van der Waals surface area contributed by atoms with E-state index in [2.05, 4.69) is 162 Å². The smallest absolute Gasteiger partial charge is 0.216 e. The Morgan fingerprint density at radius 1 is 0.328 bits per heavy atom. The molecule has 0 amide bonds. The van der Waals surface area contributed by atoms with Crippen LogP contribution in [-0.2, 0) is 19.6 Å². The van der Waals surface area contributed by atoms with Gasteiger partial charge < -0.3 is 9.13 Å². The van der Waals surface area contributed by atoms with E-state index < -0.39 is 0 Å². The van der Waals surface area contributed by atoms with Gasteiger partial charge in [0.15, 0.2) is 0 Å². The fraction of sp³-hybridized carbons (Fsp3) is 0.393. The number of hydrogen-bond acceptors (Lipinski definition) is 0. The zero-order valence-electron chi connectivity index (χ0n) is 39.3. The summed E-state index contributed by atoms with van der Waals surface area (Å²) in [5.41, 5.74) is 19.0. The molecule has 0 atom stereocenters. The molecule has 0 aliphatic carbocycles. The monoisotopic (exact) mass is 847 g/mol. The molecule has 0 spiro atoms. The number of rotatable bonds is 24. The standard InChI is InChI=1S/C61H72N3/c1-4-7-10-13-16-28-37-62-52-40-49(46-31-22-19-23-32-46)42-54-58(52)61-59-53(62)41-50(47-33-24-20-25-34-47)43-55(59)64(39-30-18-15-12-9-6-3)57-45-51(48-35-26-21-27-36-48)44-56(60(57)61)63(54)38-29-17-14-11-8-5-2/h19-27,31-36,40-45H,4-18,28-30,37-39H2,1-3H3/q+1. The fourth-order valence-electron chi connectivity index (χ4n) is 10.9. The summed E-state index contributed by atoms with van der Waals surface area (Å²) in [5.74, 6) is 0. The van der Waals surface area contributed by atoms with Gasteiger partial charge in [-0.3, -0.25) is 0 Å². The maximum Gasteiger partial charge on any atom is 0.216 e. The highest BCUT2D eigenvalue weighted by Crippen LogP contribution is 2.50. The average Bonchev–Trinajstić information content (AvgIpc) is 3.34. The van der Waals surface area contributed by atoms with Gasteiger partial charge in [-0.05, 0) is 76.9 Å². The summed E-state index contributed by atoms with van der Waals surface area (Å²) >= 11 is 0. The van der Waals surface area contributed by atoms with Crippen LogP contribution in [0.1, 0.15) is 136 Å². The highest BCUT2D eigenvalue weighted by Gasteiger charge is 2.33. The first-order valence-corrected chi connectivity index (χ1v) is 25.6. The van der Waals surface area contributed by atoms with Crippen molar-refractivity contribution in [1.29, 1.82) is 0 Å². The molecule has 0 N–H and O–H groups in total. The highest BCUT2D eigenvalue weighted by molar-refractivity contribution is 6.26. The van der Waals surface area contributed by atoms with Crippen molar-refractivity contribution in [3.63, 3.8) is 0 Å². The second kappa shape index (κ2) is 21.1. The molecule has 1 aromatic heterocycles. The van der Waals surface area contributed by atoms with Crippen molar-refractivity contribution >= 4 is 43.9 Å². The molecule has 6 aromatic carbocycles. The van der Waals surface area contributed by atoms with Crippen molar-refractivity contribution in [3.8, 4) is 44.5 Å². The quantitative estimate of drug-likeness (QED) is 0.0249. The van der Waals surface area contributed by atoms with Gasteiger partial charge in [0.05, 0.1) is 32.8 Å². The topological polar surface area (TPSA) is 13.7 Å². The Morgan fingerprint density at radius 2 is 0.672 bits per heavy atom. The van der Waals surface area contributed by atoms with Crippen LogP contribution in [0.2, 0.25) is 0 Å². The molecular weight excluding hydrogens is 775 g/mol. The Kier molecular flexibility index (Phi) is 14.4. The Morgan fingerprint density at radius 3 is 1.08 bits per heavy atom. The first-order valence-electron chi connectivity index (χ1n) is 25.6. The molecular formula is C61H72N3+. The van der Waals surface area contributed by atoms with Gasteiger partial charge in [-0.2, -0.15) is 4.57 Å². The summed E-state index contributed by atoms with van der Waals surface area (Å²) in [7, 11) is 0. The third-order valence-corrected chi connectivity index (χ3v) is 14.3. The first kappa shape index (κ1) is 43.8. The summed E-state index contributed by atoms with van der Waals surface area (Å²) in [6, 6.07) is 48.9. The number of pyridine rings is 3. The second-order valence-corrected chi connectivity index (χ2v) is 18.9. The zero-order chi connectivity index (χ0) is 43.7. The third-order valence-electron chi connectivity index (χ3n) is 14.3. The van der Waals surface area contributed by atoms with E-state index in [9.17, 15) is 0 Å². The van der Waals surface area contributed by atoms with Crippen LogP contribution >= 0.6 is 0 Å². The molecule has 0 fully saturated rings. The SMILES string of the molecule is CCCCCCCCn1c2cc(-c3ccccc3)cc3c2-c2c4c1cc(-c1ccccc1)cc4[n+](CCCCCCCC)c1cc(-c4ccccc4)cc(c21)n3CCCCCCCC. The van der Waals surface area contributed by atoms with Crippen molar-refractivity contribution in [2.45, 2.75) is 156 Å².